The average Bonchev–Trinajstić information content (AvgIpc) is 3.56. The summed E-state index contributed by atoms with van der Waals surface area (Å²) in [5.41, 5.74) is 15.7. The van der Waals surface area contributed by atoms with Gasteiger partial charge in [-0.05, 0) is 65.6 Å². The summed E-state index contributed by atoms with van der Waals surface area (Å²) in [6, 6.07) is 35.2. The van der Waals surface area contributed by atoms with E-state index >= 15 is 0 Å². The minimum absolute atomic E-state index is 0.00960. The summed E-state index contributed by atoms with van der Waals surface area (Å²) >= 11 is 0. The molecule has 272 valence electrons. The van der Waals surface area contributed by atoms with Gasteiger partial charge in [-0.3, -0.25) is 0 Å². The van der Waals surface area contributed by atoms with E-state index in [1.54, 1.807) is 0 Å². The van der Waals surface area contributed by atoms with Crippen LogP contribution in [0.4, 0.5) is 17.1 Å². The van der Waals surface area contributed by atoms with Gasteiger partial charge in [-0.15, -0.1) is 0 Å². The number of hydrogen-bond acceptors (Lipinski definition) is 7. The Balaban J connectivity index is 1.12. The van der Waals surface area contributed by atoms with Gasteiger partial charge in [-0.1, -0.05) is 103 Å². The zero-order valence-corrected chi connectivity index (χ0v) is 30.7. The Labute approximate surface area is 325 Å². The van der Waals surface area contributed by atoms with Crippen LogP contribution < -0.4 is 41.9 Å². The zero-order valence-electron chi connectivity index (χ0n) is 30.7. The number of allylic oxidation sites excluding steroid dienone is 5. The Hall–Kier alpha value is -7.19. The normalized spacial score (nSPS) is 19.7. The molecule has 2 atom stereocenters. The van der Waals surface area contributed by atoms with Gasteiger partial charge in [-0.2, -0.15) is 0 Å². The number of nitrogens with zero attached hydrogens (tertiary/aromatic N) is 3. The van der Waals surface area contributed by atoms with E-state index in [4.69, 9.17) is 4.99 Å². The number of nitrogens with one attached hydrogen (secondary N) is 5. The van der Waals surface area contributed by atoms with Gasteiger partial charge < -0.3 is 36.1 Å². The molecule has 8 nitrogen and oxygen atoms in total. The highest BCUT2D eigenvalue weighted by molar-refractivity contribution is 6.06. The number of fused-ring (bicyclic) bond motifs is 8. The average molecular weight is 729 g/mol. The fourth-order valence-corrected chi connectivity index (χ4v) is 8.87. The minimum Gasteiger partial charge on any atom is -0.383 e. The number of aromatic nitrogens is 1. The SMILES string of the molecule is C1=CCNC(C2C=C(N3c4ccccc4-c4c5c(n(-c6ccc(C7=c8ccccc8=CCN7)cc6)c4-c4ccccc43)CNC=N5)C=C(C3C=CC=CN3)N2)=C1. The van der Waals surface area contributed by atoms with Gasteiger partial charge in [0.05, 0.1) is 53.4 Å². The quantitative estimate of drug-likeness (QED) is 0.145. The molecule has 0 bridgehead atoms. The minimum atomic E-state index is -0.0573. The molecule has 8 heteroatoms. The lowest BCUT2D eigenvalue weighted by Gasteiger charge is -2.36. The summed E-state index contributed by atoms with van der Waals surface area (Å²) in [6.07, 6.45) is 23.6. The van der Waals surface area contributed by atoms with E-state index in [2.05, 4.69) is 182 Å². The number of hydrogen-bond donors (Lipinski definition) is 5. The number of para-hydroxylation sites is 2. The first-order valence-electron chi connectivity index (χ1n) is 19.4. The monoisotopic (exact) mass is 728 g/mol. The van der Waals surface area contributed by atoms with E-state index < -0.39 is 0 Å². The number of dihydropyridines is 3. The lowest BCUT2D eigenvalue weighted by atomic mass is 9.99. The Bertz CT molecular complexity index is 2770. The van der Waals surface area contributed by atoms with Gasteiger partial charge in [0.2, 0.25) is 0 Å². The molecule has 0 fully saturated rings. The van der Waals surface area contributed by atoms with E-state index in [0.29, 0.717) is 6.54 Å². The molecule has 0 spiro atoms. The third-order valence-corrected chi connectivity index (χ3v) is 11.4. The van der Waals surface area contributed by atoms with E-state index in [-0.39, 0.29) is 12.1 Å². The molecule has 56 heavy (non-hydrogen) atoms. The highest BCUT2D eigenvalue weighted by atomic mass is 15.2. The van der Waals surface area contributed by atoms with Crippen LogP contribution in [-0.4, -0.2) is 36.1 Å². The fraction of sp³-hybridized carbons (Fsp3) is 0.104. The molecule has 0 saturated carbocycles. The highest BCUT2D eigenvalue weighted by Gasteiger charge is 2.36. The Morgan fingerprint density at radius 3 is 2.39 bits per heavy atom. The molecule has 0 amide bonds. The van der Waals surface area contributed by atoms with E-state index in [1.165, 1.54) is 16.0 Å². The van der Waals surface area contributed by atoms with Gasteiger partial charge in [-0.25, -0.2) is 4.99 Å². The molecule has 0 radical (unpaired) electrons. The summed E-state index contributed by atoms with van der Waals surface area (Å²) in [5, 5.41) is 20.6. The molecule has 2 unspecified atom stereocenters. The topological polar surface area (TPSA) is 80.7 Å². The first-order valence-corrected chi connectivity index (χ1v) is 19.4. The second-order valence-electron chi connectivity index (χ2n) is 14.6. The van der Waals surface area contributed by atoms with Crippen LogP contribution in [0.3, 0.4) is 0 Å². The van der Waals surface area contributed by atoms with Crippen LogP contribution in [0.1, 0.15) is 11.3 Å². The smallest absolute Gasteiger partial charge is 0.0964 e. The maximum absolute atomic E-state index is 5.09. The summed E-state index contributed by atoms with van der Waals surface area (Å²) in [7, 11) is 0. The van der Waals surface area contributed by atoms with Crippen LogP contribution in [0.2, 0.25) is 0 Å². The number of benzene rings is 4. The first-order chi connectivity index (χ1) is 27.8. The van der Waals surface area contributed by atoms with E-state index in [9.17, 15) is 0 Å². The fourth-order valence-electron chi connectivity index (χ4n) is 8.87. The standard InChI is InChI=1S/C48H40N8/c1-2-12-35-31(11-1)23-26-52-46(35)32-19-21-33(22-20-32)56-44-29-49-30-53-47(44)45-36-13-3-5-17-42(36)55(43-18-6-4-14-37(43)48(45)56)34-27-40(38-15-7-9-24-50-38)54-41(28-34)39-16-8-10-25-51-39/h1-24,27-28,30,38,41,50-52,54H,25-26,29H2,(H,49,53). The second-order valence-corrected chi connectivity index (χ2v) is 14.6. The molecule has 1 aromatic heterocycles. The Kier molecular flexibility index (Phi) is 7.65. The van der Waals surface area contributed by atoms with Gasteiger partial charge in [0.25, 0.3) is 0 Å². The van der Waals surface area contributed by atoms with Crippen LogP contribution in [0, 0.1) is 0 Å². The zero-order chi connectivity index (χ0) is 37.0. The summed E-state index contributed by atoms with van der Waals surface area (Å²) in [4.78, 5) is 7.54. The number of anilines is 2. The van der Waals surface area contributed by atoms with Crippen LogP contribution in [0.25, 0.3) is 39.8 Å². The Morgan fingerprint density at radius 2 is 1.55 bits per heavy atom. The van der Waals surface area contributed by atoms with Crippen molar-refractivity contribution in [2.24, 2.45) is 4.99 Å². The summed E-state index contributed by atoms with van der Waals surface area (Å²) in [5.74, 6) is 0. The molecule has 6 aliphatic heterocycles. The summed E-state index contributed by atoms with van der Waals surface area (Å²) < 4.78 is 2.44. The van der Waals surface area contributed by atoms with Gasteiger partial charge in [0.1, 0.15) is 0 Å². The molecule has 6 aliphatic rings. The highest BCUT2D eigenvalue weighted by Crippen LogP contribution is 2.55. The Morgan fingerprint density at radius 1 is 0.732 bits per heavy atom. The molecular formula is C48H40N8. The van der Waals surface area contributed by atoms with Crippen molar-refractivity contribution in [1.29, 1.82) is 0 Å². The molecule has 7 heterocycles. The molecule has 4 aromatic carbocycles. The first kappa shape index (κ1) is 32.3. The molecule has 0 saturated heterocycles. The molecule has 5 N–H and O–H groups in total. The van der Waals surface area contributed by atoms with Gasteiger partial charge in [0, 0.05) is 63.5 Å². The summed E-state index contributed by atoms with van der Waals surface area (Å²) in [6.45, 7) is 2.28. The van der Waals surface area contributed by atoms with Crippen molar-refractivity contribution in [3.63, 3.8) is 0 Å². The van der Waals surface area contributed by atoms with Crippen LogP contribution in [0.5, 0.6) is 0 Å². The number of rotatable bonds is 5. The van der Waals surface area contributed by atoms with E-state index in [0.717, 1.165) is 86.7 Å². The molecule has 11 rings (SSSR count). The van der Waals surface area contributed by atoms with E-state index in [1.807, 2.05) is 18.6 Å². The maximum atomic E-state index is 5.09. The predicted octanol–water partition coefficient (Wildman–Crippen LogP) is 6.39. The lowest BCUT2D eigenvalue weighted by Crippen LogP contribution is -2.44. The van der Waals surface area contributed by atoms with Crippen LogP contribution in [-0.2, 0) is 6.54 Å². The van der Waals surface area contributed by atoms with Crippen molar-refractivity contribution in [3.8, 4) is 28.1 Å². The lowest BCUT2D eigenvalue weighted by molar-refractivity contribution is 0.616. The van der Waals surface area contributed by atoms with Crippen LogP contribution in [0.15, 0.2) is 174 Å². The predicted molar refractivity (Wildman–Crippen MR) is 228 cm³/mol. The molecule has 5 aromatic rings. The van der Waals surface area contributed by atoms with Gasteiger partial charge in [0.15, 0.2) is 0 Å². The van der Waals surface area contributed by atoms with Crippen molar-refractivity contribution in [2.75, 3.05) is 18.0 Å². The van der Waals surface area contributed by atoms with Crippen molar-refractivity contribution in [2.45, 2.75) is 18.6 Å². The third-order valence-electron chi connectivity index (χ3n) is 11.4. The number of aliphatic imine (C=N–C) groups is 1. The third kappa shape index (κ3) is 5.25. The van der Waals surface area contributed by atoms with Crippen LogP contribution >= 0.6 is 0 Å². The largest absolute Gasteiger partial charge is 0.383 e. The van der Waals surface area contributed by atoms with Crippen molar-refractivity contribution >= 4 is 35.2 Å². The molecular weight excluding hydrogens is 689 g/mol. The van der Waals surface area contributed by atoms with Crippen molar-refractivity contribution < 1.29 is 0 Å². The molecule has 0 aliphatic carbocycles. The van der Waals surface area contributed by atoms with Gasteiger partial charge >= 0.3 is 0 Å². The second kappa shape index (κ2) is 13.3. The van der Waals surface area contributed by atoms with Crippen molar-refractivity contribution in [1.82, 2.24) is 31.2 Å². The maximum Gasteiger partial charge on any atom is 0.0964 e. The van der Waals surface area contributed by atoms with Crippen molar-refractivity contribution in [3.05, 3.63) is 191 Å².